The van der Waals surface area contributed by atoms with E-state index in [4.69, 9.17) is 23.2 Å². The van der Waals surface area contributed by atoms with E-state index in [1.165, 1.54) is 0 Å². The molecule has 0 fully saturated rings. The molecular weight excluding hydrogens is 309 g/mol. The highest BCUT2D eigenvalue weighted by atomic mass is 35.5. The average Bonchev–Trinajstić information content (AvgIpc) is 2.79. The zero-order valence-corrected chi connectivity index (χ0v) is 12.4. The highest BCUT2D eigenvalue weighted by Gasteiger charge is 2.08. The van der Waals surface area contributed by atoms with Crippen LogP contribution in [0.3, 0.4) is 0 Å². The molecule has 21 heavy (non-hydrogen) atoms. The second-order valence-electron chi connectivity index (χ2n) is 4.58. The Labute approximate surface area is 131 Å². The van der Waals surface area contributed by atoms with Gasteiger partial charge < -0.3 is 9.72 Å². The van der Waals surface area contributed by atoms with Gasteiger partial charge in [0.2, 0.25) is 5.91 Å². The fraction of sp³-hybridized carbons (Fsp3) is 0.0667. The molecule has 0 spiro atoms. The third-order valence-electron chi connectivity index (χ3n) is 2.91. The van der Waals surface area contributed by atoms with Gasteiger partial charge in [-0.15, -0.1) is 0 Å². The van der Waals surface area contributed by atoms with Gasteiger partial charge in [-0.05, 0) is 30.3 Å². The number of carbonyl (C=O) groups excluding carboxylic acids is 1. The lowest BCUT2D eigenvalue weighted by Gasteiger charge is -2.03. The van der Waals surface area contributed by atoms with E-state index in [2.05, 4.69) is 10.3 Å². The number of benzene rings is 1. The molecule has 1 amide bonds. The van der Waals surface area contributed by atoms with Gasteiger partial charge in [0, 0.05) is 23.1 Å². The monoisotopic (exact) mass is 319 g/mol. The Bertz CT molecular complexity index is 814. The molecule has 4 nitrogen and oxygen atoms in total. The lowest BCUT2D eigenvalue weighted by atomic mass is 10.3. The largest absolute Gasteiger partial charge is 0.326 e. The molecule has 0 saturated carbocycles. The Morgan fingerprint density at radius 2 is 2.00 bits per heavy atom. The van der Waals surface area contributed by atoms with Crippen molar-refractivity contribution in [3.63, 3.8) is 0 Å². The number of hydrogen-bond donors (Lipinski definition) is 1. The molecule has 1 aromatic carbocycles. The van der Waals surface area contributed by atoms with Crippen LogP contribution in [0, 0.1) is 0 Å². The highest BCUT2D eigenvalue weighted by molar-refractivity contribution is 6.31. The molecule has 0 radical (unpaired) electrons. The predicted octanol–water partition coefficient (Wildman–Crippen LogP) is 3.82. The van der Waals surface area contributed by atoms with E-state index in [0.29, 0.717) is 21.4 Å². The van der Waals surface area contributed by atoms with Crippen LogP contribution in [-0.4, -0.2) is 15.3 Å². The molecule has 0 aliphatic heterocycles. The van der Waals surface area contributed by atoms with E-state index in [-0.39, 0.29) is 12.3 Å². The Morgan fingerprint density at radius 3 is 2.81 bits per heavy atom. The summed E-state index contributed by atoms with van der Waals surface area (Å²) in [5.74, 6) is -0.147. The number of nitrogens with one attached hydrogen (secondary N) is 1. The summed E-state index contributed by atoms with van der Waals surface area (Å²) < 4.78 is 1.80. The maximum absolute atomic E-state index is 12.0. The van der Waals surface area contributed by atoms with Gasteiger partial charge in [0.05, 0.1) is 17.1 Å². The number of pyridine rings is 1. The van der Waals surface area contributed by atoms with Crippen LogP contribution in [0.5, 0.6) is 0 Å². The molecule has 0 aliphatic rings. The van der Waals surface area contributed by atoms with E-state index in [1.54, 1.807) is 53.2 Å². The summed E-state index contributed by atoms with van der Waals surface area (Å²) in [6, 6.07) is 10.6. The number of aromatic nitrogens is 2. The summed E-state index contributed by atoms with van der Waals surface area (Å²) in [6.45, 7) is 0. The zero-order valence-electron chi connectivity index (χ0n) is 10.9. The van der Waals surface area contributed by atoms with Crippen LogP contribution in [0.1, 0.15) is 5.69 Å². The second-order valence-corrected chi connectivity index (χ2v) is 5.45. The number of nitrogens with zero attached hydrogens (tertiary/aromatic N) is 2. The number of fused-ring (bicyclic) bond motifs is 1. The molecule has 0 bridgehead atoms. The van der Waals surface area contributed by atoms with E-state index in [9.17, 15) is 4.79 Å². The van der Waals surface area contributed by atoms with Crippen molar-refractivity contribution in [1.82, 2.24) is 9.38 Å². The zero-order chi connectivity index (χ0) is 14.8. The van der Waals surface area contributed by atoms with Crippen LogP contribution < -0.4 is 5.32 Å². The fourth-order valence-electron chi connectivity index (χ4n) is 2.04. The molecule has 3 rings (SSSR count). The number of imidazole rings is 1. The highest BCUT2D eigenvalue weighted by Crippen LogP contribution is 2.16. The number of hydrogen-bond acceptors (Lipinski definition) is 2. The number of amides is 1. The van der Waals surface area contributed by atoms with Crippen LogP contribution in [0.25, 0.3) is 5.65 Å². The topological polar surface area (TPSA) is 46.4 Å². The van der Waals surface area contributed by atoms with Crippen LogP contribution in [-0.2, 0) is 11.2 Å². The maximum atomic E-state index is 12.0. The summed E-state index contributed by atoms with van der Waals surface area (Å²) in [7, 11) is 0. The minimum absolute atomic E-state index is 0.147. The first-order valence-electron chi connectivity index (χ1n) is 6.29. The van der Waals surface area contributed by atoms with Gasteiger partial charge in [-0.3, -0.25) is 4.79 Å². The Morgan fingerprint density at radius 1 is 1.14 bits per heavy atom. The van der Waals surface area contributed by atoms with Crippen LogP contribution in [0.4, 0.5) is 5.69 Å². The molecule has 6 heteroatoms. The Balaban J connectivity index is 1.74. The van der Waals surface area contributed by atoms with Gasteiger partial charge in [0.25, 0.3) is 0 Å². The van der Waals surface area contributed by atoms with E-state index >= 15 is 0 Å². The van der Waals surface area contributed by atoms with Crippen molar-refractivity contribution in [3.05, 3.63) is 64.5 Å². The minimum Gasteiger partial charge on any atom is -0.326 e. The summed E-state index contributed by atoms with van der Waals surface area (Å²) in [4.78, 5) is 16.4. The molecule has 0 aliphatic carbocycles. The molecule has 2 heterocycles. The molecule has 0 unspecified atom stereocenters. The van der Waals surface area contributed by atoms with Crippen molar-refractivity contribution in [1.29, 1.82) is 0 Å². The smallest absolute Gasteiger partial charge is 0.230 e. The molecule has 0 atom stereocenters. The first kappa shape index (κ1) is 13.9. The van der Waals surface area contributed by atoms with Crippen LogP contribution >= 0.6 is 23.2 Å². The lowest BCUT2D eigenvalue weighted by Crippen LogP contribution is -2.14. The van der Waals surface area contributed by atoms with Gasteiger partial charge in [0.1, 0.15) is 5.65 Å². The number of halogens is 2. The van der Waals surface area contributed by atoms with Crippen molar-refractivity contribution in [2.45, 2.75) is 6.42 Å². The number of carbonyl (C=O) groups is 1. The van der Waals surface area contributed by atoms with E-state index < -0.39 is 0 Å². The average molecular weight is 320 g/mol. The second kappa shape index (κ2) is 5.76. The van der Waals surface area contributed by atoms with Gasteiger partial charge in [-0.2, -0.15) is 0 Å². The van der Waals surface area contributed by atoms with Crippen LogP contribution in [0.2, 0.25) is 10.0 Å². The van der Waals surface area contributed by atoms with Gasteiger partial charge >= 0.3 is 0 Å². The van der Waals surface area contributed by atoms with Crippen molar-refractivity contribution in [2.75, 3.05) is 5.32 Å². The maximum Gasteiger partial charge on any atom is 0.230 e. The third-order valence-corrected chi connectivity index (χ3v) is 3.37. The number of rotatable bonds is 3. The van der Waals surface area contributed by atoms with Gasteiger partial charge in [-0.1, -0.05) is 29.3 Å². The molecule has 2 aromatic heterocycles. The van der Waals surface area contributed by atoms with E-state index in [0.717, 1.165) is 5.65 Å². The standard InChI is InChI=1S/C15H11Cl2N3O/c16-10-2-1-3-12(6-10)19-15(21)7-13-9-20-8-11(17)4-5-14(20)18-13/h1-6,8-9H,7H2,(H,19,21). The molecule has 0 saturated heterocycles. The fourth-order valence-corrected chi connectivity index (χ4v) is 2.40. The van der Waals surface area contributed by atoms with Crippen molar-refractivity contribution in [3.8, 4) is 0 Å². The van der Waals surface area contributed by atoms with Crippen molar-refractivity contribution in [2.24, 2.45) is 0 Å². The molecular formula is C15H11Cl2N3O. The van der Waals surface area contributed by atoms with Crippen LogP contribution in [0.15, 0.2) is 48.8 Å². The molecule has 106 valence electrons. The minimum atomic E-state index is -0.147. The molecule has 3 aromatic rings. The first-order valence-corrected chi connectivity index (χ1v) is 7.04. The predicted molar refractivity (Wildman–Crippen MR) is 84.0 cm³/mol. The normalized spacial score (nSPS) is 10.8. The van der Waals surface area contributed by atoms with Gasteiger partial charge in [0.15, 0.2) is 0 Å². The third kappa shape index (κ3) is 3.35. The van der Waals surface area contributed by atoms with Crippen molar-refractivity contribution < 1.29 is 4.79 Å². The molecule has 1 N–H and O–H groups in total. The quantitative estimate of drug-likeness (QED) is 0.797. The Hall–Kier alpha value is -2.04. The lowest BCUT2D eigenvalue weighted by molar-refractivity contribution is -0.115. The summed E-state index contributed by atoms with van der Waals surface area (Å²) in [6.07, 6.45) is 3.73. The first-order chi connectivity index (χ1) is 10.1. The SMILES string of the molecule is O=C(Cc1cn2cc(Cl)ccc2n1)Nc1cccc(Cl)c1. The summed E-state index contributed by atoms with van der Waals surface area (Å²) >= 11 is 11.8. The summed E-state index contributed by atoms with van der Waals surface area (Å²) in [5, 5.41) is 3.99. The van der Waals surface area contributed by atoms with E-state index in [1.807, 2.05) is 0 Å². The van der Waals surface area contributed by atoms with Gasteiger partial charge in [-0.25, -0.2) is 4.98 Å². The summed E-state index contributed by atoms with van der Waals surface area (Å²) in [5.41, 5.74) is 2.10. The Kier molecular flexibility index (Phi) is 3.82. The van der Waals surface area contributed by atoms with Crippen molar-refractivity contribution >= 4 is 40.4 Å². The number of anilines is 1.